The molecule has 0 saturated carbocycles. The molecular formula is C14H18N4O2S. The monoisotopic (exact) mass is 306 g/mol. The molecule has 0 aliphatic rings. The smallest absolute Gasteiger partial charge is 0.326 e. The van der Waals surface area contributed by atoms with Crippen LogP contribution in [0.15, 0.2) is 23.6 Å². The Hall–Kier alpha value is -2.12. The van der Waals surface area contributed by atoms with E-state index in [-0.39, 0.29) is 0 Å². The van der Waals surface area contributed by atoms with Crippen molar-refractivity contribution < 1.29 is 9.90 Å². The number of aryl methyl sites for hydroxylation is 1. The standard InChI is InChI=1S/C14H18N4O2S/c1-8-4-5-9(6-11(8)18(2)3)16-14-17-10(7-21-14)12(15)13(19)20/h4-7,12H,15H2,1-3H3,(H,16,17)(H,19,20). The Bertz CT molecular complexity index is 654. The van der Waals surface area contributed by atoms with Gasteiger partial charge in [-0.25, -0.2) is 4.98 Å². The van der Waals surface area contributed by atoms with Gasteiger partial charge < -0.3 is 21.1 Å². The Labute approximate surface area is 127 Å². The Kier molecular flexibility index (Phi) is 4.44. The number of benzene rings is 1. The summed E-state index contributed by atoms with van der Waals surface area (Å²) in [5, 5.41) is 14.3. The number of carboxylic acids is 1. The predicted octanol–water partition coefficient (Wildman–Crippen LogP) is 2.35. The Balaban J connectivity index is 2.19. The van der Waals surface area contributed by atoms with Crippen molar-refractivity contribution >= 4 is 33.8 Å². The van der Waals surface area contributed by atoms with Gasteiger partial charge in [-0.1, -0.05) is 6.07 Å². The molecule has 21 heavy (non-hydrogen) atoms. The first-order chi connectivity index (χ1) is 9.88. The lowest BCUT2D eigenvalue weighted by molar-refractivity contribution is -0.138. The minimum Gasteiger partial charge on any atom is -0.480 e. The Morgan fingerprint density at radius 2 is 2.19 bits per heavy atom. The lowest BCUT2D eigenvalue weighted by Gasteiger charge is -2.17. The lowest BCUT2D eigenvalue weighted by atomic mass is 10.1. The summed E-state index contributed by atoms with van der Waals surface area (Å²) in [5.41, 5.74) is 9.08. The third-order valence-electron chi connectivity index (χ3n) is 3.05. The van der Waals surface area contributed by atoms with Crippen LogP contribution in [0.5, 0.6) is 0 Å². The number of nitrogens with two attached hydrogens (primary N) is 1. The van der Waals surface area contributed by atoms with E-state index in [9.17, 15) is 4.79 Å². The van der Waals surface area contributed by atoms with Crippen LogP contribution in [0.4, 0.5) is 16.5 Å². The SMILES string of the molecule is Cc1ccc(Nc2nc(C(N)C(=O)O)cs2)cc1N(C)C. The largest absolute Gasteiger partial charge is 0.480 e. The Morgan fingerprint density at radius 3 is 2.81 bits per heavy atom. The fourth-order valence-electron chi connectivity index (χ4n) is 1.91. The van der Waals surface area contributed by atoms with Gasteiger partial charge >= 0.3 is 5.97 Å². The van der Waals surface area contributed by atoms with Gasteiger partial charge in [0.15, 0.2) is 5.13 Å². The van der Waals surface area contributed by atoms with E-state index in [0.717, 1.165) is 11.4 Å². The van der Waals surface area contributed by atoms with Crippen LogP contribution in [0, 0.1) is 6.92 Å². The minimum absolute atomic E-state index is 0.356. The van der Waals surface area contributed by atoms with Gasteiger partial charge in [0.05, 0.1) is 5.69 Å². The van der Waals surface area contributed by atoms with E-state index in [1.54, 1.807) is 5.38 Å². The van der Waals surface area contributed by atoms with E-state index in [4.69, 9.17) is 10.8 Å². The number of nitrogens with one attached hydrogen (secondary N) is 1. The molecule has 6 nitrogen and oxygen atoms in total. The van der Waals surface area contributed by atoms with Gasteiger partial charge in [-0.2, -0.15) is 0 Å². The number of aromatic nitrogens is 1. The second kappa shape index (κ2) is 6.11. The summed E-state index contributed by atoms with van der Waals surface area (Å²) in [6.45, 7) is 2.05. The van der Waals surface area contributed by atoms with Crippen LogP contribution in [0.25, 0.3) is 0 Å². The zero-order valence-electron chi connectivity index (χ0n) is 12.1. The number of rotatable bonds is 5. The van der Waals surface area contributed by atoms with E-state index in [0.29, 0.717) is 10.8 Å². The molecule has 1 unspecified atom stereocenters. The highest BCUT2D eigenvalue weighted by atomic mass is 32.1. The molecule has 1 aromatic heterocycles. The van der Waals surface area contributed by atoms with Gasteiger partial charge in [0.2, 0.25) is 0 Å². The summed E-state index contributed by atoms with van der Waals surface area (Å²) in [6.07, 6.45) is 0. The maximum atomic E-state index is 10.8. The van der Waals surface area contributed by atoms with E-state index >= 15 is 0 Å². The Morgan fingerprint density at radius 1 is 1.48 bits per heavy atom. The molecule has 0 spiro atoms. The molecule has 7 heteroatoms. The third-order valence-corrected chi connectivity index (χ3v) is 3.82. The molecule has 0 bridgehead atoms. The van der Waals surface area contributed by atoms with Gasteiger partial charge in [0.25, 0.3) is 0 Å². The van der Waals surface area contributed by atoms with Crippen molar-refractivity contribution in [3.63, 3.8) is 0 Å². The first kappa shape index (κ1) is 15.3. The highest BCUT2D eigenvalue weighted by Gasteiger charge is 2.17. The van der Waals surface area contributed by atoms with Crippen LogP contribution >= 0.6 is 11.3 Å². The van der Waals surface area contributed by atoms with Gasteiger partial charge in [-0.3, -0.25) is 4.79 Å². The van der Waals surface area contributed by atoms with E-state index in [1.807, 2.05) is 44.1 Å². The molecule has 1 heterocycles. The molecule has 1 aromatic carbocycles. The summed E-state index contributed by atoms with van der Waals surface area (Å²) in [7, 11) is 3.97. The molecule has 112 valence electrons. The van der Waals surface area contributed by atoms with Crippen molar-refractivity contribution in [1.82, 2.24) is 4.98 Å². The average molecular weight is 306 g/mol. The summed E-state index contributed by atoms with van der Waals surface area (Å²) in [4.78, 5) is 17.1. The zero-order chi connectivity index (χ0) is 15.6. The van der Waals surface area contributed by atoms with Crippen LogP contribution in [0.1, 0.15) is 17.3 Å². The second-order valence-corrected chi connectivity index (χ2v) is 5.77. The topological polar surface area (TPSA) is 91.5 Å². The number of hydrogen-bond donors (Lipinski definition) is 3. The predicted molar refractivity (Wildman–Crippen MR) is 85.5 cm³/mol. The van der Waals surface area contributed by atoms with Crippen LogP contribution in [-0.4, -0.2) is 30.2 Å². The fourth-order valence-corrected chi connectivity index (χ4v) is 2.67. The number of carbonyl (C=O) groups is 1. The van der Waals surface area contributed by atoms with Crippen LogP contribution in [0.3, 0.4) is 0 Å². The minimum atomic E-state index is -1.09. The maximum absolute atomic E-state index is 10.8. The third kappa shape index (κ3) is 3.50. The molecule has 1 atom stereocenters. The number of carboxylic acid groups (broad SMARTS) is 1. The van der Waals surface area contributed by atoms with Gasteiger partial charge in [-0.15, -0.1) is 11.3 Å². The van der Waals surface area contributed by atoms with E-state index in [1.165, 1.54) is 16.9 Å². The second-order valence-electron chi connectivity index (χ2n) is 4.91. The molecular weight excluding hydrogens is 288 g/mol. The number of nitrogens with zero attached hydrogens (tertiary/aromatic N) is 2. The first-order valence-corrected chi connectivity index (χ1v) is 7.25. The lowest BCUT2D eigenvalue weighted by Crippen LogP contribution is -2.20. The highest BCUT2D eigenvalue weighted by molar-refractivity contribution is 7.13. The first-order valence-electron chi connectivity index (χ1n) is 6.37. The molecule has 4 N–H and O–H groups in total. The molecule has 2 rings (SSSR count). The number of aliphatic carboxylic acids is 1. The number of thiazole rings is 1. The van der Waals surface area contributed by atoms with Crippen molar-refractivity contribution in [3.05, 3.63) is 34.8 Å². The van der Waals surface area contributed by atoms with Crippen LogP contribution in [0.2, 0.25) is 0 Å². The maximum Gasteiger partial charge on any atom is 0.326 e. The van der Waals surface area contributed by atoms with Crippen molar-refractivity contribution in [2.24, 2.45) is 5.73 Å². The zero-order valence-corrected chi connectivity index (χ0v) is 12.9. The molecule has 0 aliphatic heterocycles. The number of anilines is 3. The summed E-state index contributed by atoms with van der Waals surface area (Å²) in [5.74, 6) is -1.09. The molecule has 0 aliphatic carbocycles. The van der Waals surface area contributed by atoms with Crippen molar-refractivity contribution in [2.45, 2.75) is 13.0 Å². The molecule has 0 radical (unpaired) electrons. The van der Waals surface area contributed by atoms with E-state index in [2.05, 4.69) is 10.3 Å². The summed E-state index contributed by atoms with van der Waals surface area (Å²) < 4.78 is 0. The summed E-state index contributed by atoms with van der Waals surface area (Å²) in [6, 6.07) is 4.91. The van der Waals surface area contributed by atoms with Gasteiger partial charge in [0.1, 0.15) is 6.04 Å². The van der Waals surface area contributed by atoms with Gasteiger partial charge in [0, 0.05) is 30.9 Å². The normalized spacial score (nSPS) is 12.0. The quantitative estimate of drug-likeness (QED) is 0.785. The molecule has 0 fully saturated rings. The summed E-state index contributed by atoms with van der Waals surface area (Å²) >= 11 is 1.33. The van der Waals surface area contributed by atoms with Crippen molar-refractivity contribution in [2.75, 3.05) is 24.3 Å². The molecule has 2 aromatic rings. The van der Waals surface area contributed by atoms with Crippen molar-refractivity contribution in [1.29, 1.82) is 0 Å². The number of hydrogen-bond acceptors (Lipinski definition) is 6. The highest BCUT2D eigenvalue weighted by Crippen LogP contribution is 2.27. The van der Waals surface area contributed by atoms with Gasteiger partial charge in [-0.05, 0) is 24.6 Å². The van der Waals surface area contributed by atoms with E-state index < -0.39 is 12.0 Å². The fraction of sp³-hybridized carbons (Fsp3) is 0.286. The average Bonchev–Trinajstić information content (AvgIpc) is 2.88. The van der Waals surface area contributed by atoms with Crippen molar-refractivity contribution in [3.8, 4) is 0 Å². The van der Waals surface area contributed by atoms with Crippen LogP contribution < -0.4 is 16.0 Å². The molecule has 0 amide bonds. The van der Waals surface area contributed by atoms with Crippen LogP contribution in [-0.2, 0) is 4.79 Å². The molecule has 0 saturated heterocycles.